The smallest absolute Gasteiger partial charge is 0.308 e. The molecule has 0 atom stereocenters. The molecule has 190 valence electrons. The number of nitrogens with two attached hydrogens (primary N) is 1. The number of carbonyl (C=O) groups excluding carboxylic acids is 2. The maximum atomic E-state index is 13.1. The van der Waals surface area contributed by atoms with Crippen LogP contribution in [0.3, 0.4) is 0 Å². The Bertz CT molecular complexity index is 1440. The SMILES string of the molecule is CCOc1ccc(-c2c(C(=O)NN=Cc3cccc(OC)c3OC(C)=O)nnn2-c2nonc2N)cc1. The molecule has 0 aliphatic rings. The number of rotatable bonds is 9. The maximum absolute atomic E-state index is 13.1. The fraction of sp³-hybridized carbons (Fsp3) is 0.174. The van der Waals surface area contributed by atoms with Gasteiger partial charge in [0.25, 0.3) is 5.91 Å². The van der Waals surface area contributed by atoms with Gasteiger partial charge in [-0.1, -0.05) is 11.3 Å². The molecule has 4 rings (SSSR count). The van der Waals surface area contributed by atoms with Gasteiger partial charge in [0.15, 0.2) is 17.2 Å². The molecular weight excluding hydrogens is 484 g/mol. The molecule has 4 aromatic rings. The third-order valence-corrected chi connectivity index (χ3v) is 4.87. The van der Waals surface area contributed by atoms with E-state index in [1.54, 1.807) is 42.5 Å². The van der Waals surface area contributed by atoms with Crippen molar-refractivity contribution in [2.45, 2.75) is 13.8 Å². The number of ether oxygens (including phenoxy) is 3. The van der Waals surface area contributed by atoms with Crippen LogP contribution in [0.4, 0.5) is 5.82 Å². The van der Waals surface area contributed by atoms with Gasteiger partial charge in [-0.05, 0) is 53.6 Å². The first-order valence-corrected chi connectivity index (χ1v) is 10.9. The minimum Gasteiger partial charge on any atom is -0.494 e. The normalized spacial score (nSPS) is 10.9. The number of hydrazone groups is 1. The van der Waals surface area contributed by atoms with Crippen LogP contribution in [0.25, 0.3) is 17.1 Å². The first kappa shape index (κ1) is 24.8. The predicted molar refractivity (Wildman–Crippen MR) is 130 cm³/mol. The second kappa shape index (κ2) is 11.0. The van der Waals surface area contributed by atoms with Crippen molar-refractivity contribution in [1.82, 2.24) is 30.7 Å². The summed E-state index contributed by atoms with van der Waals surface area (Å²) in [5, 5.41) is 19.3. The number of nitrogens with one attached hydrogen (secondary N) is 1. The Morgan fingerprint density at radius 1 is 1.19 bits per heavy atom. The van der Waals surface area contributed by atoms with Crippen LogP contribution in [-0.4, -0.2) is 57.1 Å². The standard InChI is InChI=1S/C23H22N8O6/c1-4-35-16-10-8-14(9-11-16)19-18(26-30-31(19)22-21(24)28-37-29-22)23(33)27-25-12-15-6-5-7-17(34-3)20(15)36-13(2)32/h5-12H,4H2,1-3H3,(H2,24,28)(H,27,33). The third-order valence-electron chi connectivity index (χ3n) is 4.87. The van der Waals surface area contributed by atoms with E-state index in [9.17, 15) is 9.59 Å². The highest BCUT2D eigenvalue weighted by molar-refractivity contribution is 5.99. The zero-order valence-corrected chi connectivity index (χ0v) is 20.0. The number of aromatic nitrogens is 5. The lowest BCUT2D eigenvalue weighted by Gasteiger charge is -2.10. The molecule has 0 spiro atoms. The Balaban J connectivity index is 1.66. The van der Waals surface area contributed by atoms with Crippen LogP contribution in [0, 0.1) is 0 Å². The quantitative estimate of drug-likeness (QED) is 0.147. The number of hydrogen-bond donors (Lipinski definition) is 2. The average molecular weight is 506 g/mol. The molecule has 0 saturated carbocycles. The van der Waals surface area contributed by atoms with E-state index in [1.807, 2.05) is 6.92 Å². The van der Waals surface area contributed by atoms with E-state index in [2.05, 4.69) is 35.8 Å². The minimum absolute atomic E-state index is 0.0434. The van der Waals surface area contributed by atoms with Crippen molar-refractivity contribution >= 4 is 23.9 Å². The van der Waals surface area contributed by atoms with Gasteiger partial charge in [0.05, 0.1) is 19.9 Å². The van der Waals surface area contributed by atoms with Crippen LogP contribution in [0.1, 0.15) is 29.9 Å². The van der Waals surface area contributed by atoms with Gasteiger partial charge in [0.2, 0.25) is 11.6 Å². The summed E-state index contributed by atoms with van der Waals surface area (Å²) in [4.78, 5) is 24.6. The third kappa shape index (κ3) is 5.37. The van der Waals surface area contributed by atoms with Crippen molar-refractivity contribution in [3.05, 3.63) is 53.7 Å². The van der Waals surface area contributed by atoms with Gasteiger partial charge in [-0.15, -0.1) is 5.10 Å². The van der Waals surface area contributed by atoms with Crippen LogP contribution >= 0.6 is 0 Å². The Labute approximate surface area is 210 Å². The van der Waals surface area contributed by atoms with Crippen molar-refractivity contribution in [2.75, 3.05) is 19.5 Å². The van der Waals surface area contributed by atoms with Gasteiger partial charge in [-0.25, -0.2) is 10.1 Å². The van der Waals surface area contributed by atoms with E-state index >= 15 is 0 Å². The number of nitrogens with zero attached hydrogens (tertiary/aromatic N) is 6. The van der Waals surface area contributed by atoms with Crippen LogP contribution < -0.4 is 25.4 Å². The van der Waals surface area contributed by atoms with Gasteiger partial charge in [-0.3, -0.25) is 9.59 Å². The number of anilines is 1. The number of nitrogen functional groups attached to an aromatic ring is 1. The van der Waals surface area contributed by atoms with Gasteiger partial charge in [0.1, 0.15) is 11.4 Å². The number of amides is 1. The largest absolute Gasteiger partial charge is 0.494 e. The summed E-state index contributed by atoms with van der Waals surface area (Å²) in [6.45, 7) is 3.63. The second-order valence-electron chi connectivity index (χ2n) is 7.30. The fourth-order valence-electron chi connectivity index (χ4n) is 3.32. The Hall–Kier alpha value is -5.27. The molecule has 2 heterocycles. The number of esters is 1. The Morgan fingerprint density at radius 2 is 1.97 bits per heavy atom. The summed E-state index contributed by atoms with van der Waals surface area (Å²) in [6, 6.07) is 11.9. The molecule has 1 amide bonds. The van der Waals surface area contributed by atoms with E-state index in [0.717, 1.165) is 0 Å². The van der Waals surface area contributed by atoms with E-state index in [4.69, 9.17) is 19.9 Å². The van der Waals surface area contributed by atoms with E-state index in [1.165, 1.54) is 24.9 Å². The van der Waals surface area contributed by atoms with Crippen LogP contribution in [0.5, 0.6) is 17.2 Å². The summed E-state index contributed by atoms with van der Waals surface area (Å²) >= 11 is 0. The topological polar surface area (TPSA) is 182 Å². The molecule has 0 bridgehead atoms. The molecule has 14 heteroatoms. The van der Waals surface area contributed by atoms with E-state index < -0.39 is 11.9 Å². The predicted octanol–water partition coefficient (Wildman–Crippen LogP) is 2.00. The molecule has 2 aromatic carbocycles. The zero-order valence-electron chi connectivity index (χ0n) is 20.0. The monoisotopic (exact) mass is 506 g/mol. The van der Waals surface area contributed by atoms with Gasteiger partial charge < -0.3 is 19.9 Å². The Kier molecular flexibility index (Phi) is 7.37. The highest BCUT2D eigenvalue weighted by Crippen LogP contribution is 2.30. The molecular formula is C23H22N8O6. The lowest BCUT2D eigenvalue weighted by Crippen LogP contribution is -2.19. The Morgan fingerprint density at radius 3 is 2.62 bits per heavy atom. The van der Waals surface area contributed by atoms with Crippen LogP contribution in [0.2, 0.25) is 0 Å². The fourth-order valence-corrected chi connectivity index (χ4v) is 3.32. The van der Waals surface area contributed by atoms with Gasteiger partial charge >= 0.3 is 5.97 Å². The molecule has 0 radical (unpaired) electrons. The highest BCUT2D eigenvalue weighted by Gasteiger charge is 2.25. The first-order valence-electron chi connectivity index (χ1n) is 10.9. The van der Waals surface area contributed by atoms with E-state index in [0.29, 0.717) is 29.2 Å². The number of hydrogen-bond acceptors (Lipinski definition) is 12. The van der Waals surface area contributed by atoms with Crippen molar-refractivity contribution in [3.63, 3.8) is 0 Å². The molecule has 0 aliphatic carbocycles. The van der Waals surface area contributed by atoms with Crippen molar-refractivity contribution in [2.24, 2.45) is 5.10 Å². The molecule has 0 saturated heterocycles. The molecule has 2 aromatic heterocycles. The number of methoxy groups -OCH3 is 1. The molecule has 0 fully saturated rings. The van der Waals surface area contributed by atoms with Crippen molar-refractivity contribution < 1.29 is 28.4 Å². The van der Waals surface area contributed by atoms with E-state index in [-0.39, 0.29) is 28.8 Å². The zero-order chi connectivity index (χ0) is 26.4. The molecule has 37 heavy (non-hydrogen) atoms. The first-order chi connectivity index (χ1) is 17.9. The number of carbonyl (C=O) groups is 2. The lowest BCUT2D eigenvalue weighted by molar-refractivity contribution is -0.132. The summed E-state index contributed by atoms with van der Waals surface area (Å²) in [5.74, 6) is -0.0832. The molecule has 14 nitrogen and oxygen atoms in total. The number of benzene rings is 2. The molecule has 0 aliphatic heterocycles. The lowest BCUT2D eigenvalue weighted by atomic mass is 10.1. The summed E-state index contributed by atoms with van der Waals surface area (Å²) < 4.78 is 21.9. The number of para-hydroxylation sites is 1. The van der Waals surface area contributed by atoms with Crippen molar-refractivity contribution in [1.29, 1.82) is 0 Å². The maximum Gasteiger partial charge on any atom is 0.308 e. The second-order valence-corrected chi connectivity index (χ2v) is 7.30. The molecule has 0 unspecified atom stereocenters. The molecule has 3 N–H and O–H groups in total. The van der Waals surface area contributed by atoms with Gasteiger partial charge in [0, 0.05) is 18.1 Å². The summed E-state index contributed by atoms with van der Waals surface area (Å²) in [5.41, 5.74) is 9.39. The average Bonchev–Trinajstić information content (AvgIpc) is 3.51. The highest BCUT2D eigenvalue weighted by atomic mass is 16.6. The van der Waals surface area contributed by atoms with Crippen LogP contribution in [-0.2, 0) is 4.79 Å². The van der Waals surface area contributed by atoms with Crippen molar-refractivity contribution in [3.8, 4) is 34.3 Å². The van der Waals surface area contributed by atoms with Gasteiger partial charge in [-0.2, -0.15) is 9.78 Å². The summed E-state index contributed by atoms with van der Waals surface area (Å²) in [7, 11) is 1.44. The van der Waals surface area contributed by atoms with Crippen LogP contribution in [0.15, 0.2) is 52.2 Å². The minimum atomic E-state index is -0.682. The summed E-state index contributed by atoms with van der Waals surface area (Å²) in [6.07, 6.45) is 1.30.